The van der Waals surface area contributed by atoms with Gasteiger partial charge in [-0.1, -0.05) is 0 Å². The van der Waals surface area contributed by atoms with Gasteiger partial charge in [0.25, 0.3) is 5.91 Å². The van der Waals surface area contributed by atoms with Crippen molar-refractivity contribution in [1.82, 2.24) is 30.5 Å². The molecular weight excluding hydrogens is 256 g/mol. The Balaban J connectivity index is 2.21. The molecule has 0 spiro atoms. The summed E-state index contributed by atoms with van der Waals surface area (Å²) in [5.41, 5.74) is 3.99. The molecule has 1 amide bonds. The number of nitrogens with zero attached hydrogens (tertiary/aromatic N) is 4. The monoisotopic (exact) mass is 276 g/mol. The number of H-pyrrole nitrogens is 1. The Hall–Kier alpha value is -2.18. The van der Waals surface area contributed by atoms with Crippen LogP contribution in [0.1, 0.15) is 53.0 Å². The zero-order valence-electron chi connectivity index (χ0n) is 12.5. The van der Waals surface area contributed by atoms with Crippen molar-refractivity contribution in [3.63, 3.8) is 0 Å². The van der Waals surface area contributed by atoms with E-state index in [4.69, 9.17) is 0 Å². The fraction of sp³-hybridized carbons (Fsp3) is 0.538. The molecule has 2 aromatic rings. The van der Waals surface area contributed by atoms with E-state index in [0.29, 0.717) is 11.4 Å². The summed E-state index contributed by atoms with van der Waals surface area (Å²) in [7, 11) is 0. The summed E-state index contributed by atoms with van der Waals surface area (Å²) in [5.74, 6) is -0.230. The van der Waals surface area contributed by atoms with Crippen molar-refractivity contribution in [2.45, 2.75) is 47.2 Å². The fourth-order valence-corrected chi connectivity index (χ4v) is 2.48. The van der Waals surface area contributed by atoms with Gasteiger partial charge in [0.1, 0.15) is 0 Å². The molecule has 7 nitrogen and oxygen atoms in total. The lowest BCUT2D eigenvalue weighted by atomic mass is 10.1. The van der Waals surface area contributed by atoms with E-state index in [0.717, 1.165) is 23.5 Å². The lowest BCUT2D eigenvalue weighted by Gasteiger charge is -2.14. The summed E-state index contributed by atoms with van der Waals surface area (Å²) in [6, 6.07) is -0.126. The minimum absolute atomic E-state index is 0.126. The molecule has 0 bridgehead atoms. The lowest BCUT2D eigenvalue weighted by molar-refractivity contribution is 0.0934. The Morgan fingerprint density at radius 3 is 2.50 bits per heavy atom. The Kier molecular flexibility index (Phi) is 3.87. The van der Waals surface area contributed by atoms with Crippen LogP contribution in [0.3, 0.4) is 0 Å². The highest BCUT2D eigenvalue weighted by Crippen LogP contribution is 2.21. The van der Waals surface area contributed by atoms with E-state index < -0.39 is 0 Å². The second kappa shape index (κ2) is 5.44. The van der Waals surface area contributed by atoms with Gasteiger partial charge in [0.05, 0.1) is 17.4 Å². The fourth-order valence-electron chi connectivity index (χ4n) is 2.48. The molecule has 1 atom stereocenters. The van der Waals surface area contributed by atoms with Crippen LogP contribution in [-0.2, 0) is 6.54 Å². The number of hydrogen-bond donors (Lipinski definition) is 2. The number of rotatable bonds is 4. The van der Waals surface area contributed by atoms with Gasteiger partial charge in [-0.2, -0.15) is 20.5 Å². The molecule has 1 unspecified atom stereocenters. The van der Waals surface area contributed by atoms with Crippen molar-refractivity contribution in [2.75, 3.05) is 0 Å². The summed E-state index contributed by atoms with van der Waals surface area (Å²) in [6.45, 7) is 10.5. The third-order valence-electron chi connectivity index (χ3n) is 3.45. The number of aromatic amines is 1. The summed E-state index contributed by atoms with van der Waals surface area (Å²) >= 11 is 0. The number of nitrogens with one attached hydrogen (secondary N) is 2. The smallest absolute Gasteiger partial charge is 0.274 e. The van der Waals surface area contributed by atoms with Crippen LogP contribution >= 0.6 is 0 Å². The van der Waals surface area contributed by atoms with Gasteiger partial charge in [0.15, 0.2) is 5.69 Å². The van der Waals surface area contributed by atoms with Gasteiger partial charge in [0.2, 0.25) is 0 Å². The molecule has 108 valence electrons. The van der Waals surface area contributed by atoms with Gasteiger partial charge < -0.3 is 5.32 Å². The summed E-state index contributed by atoms with van der Waals surface area (Å²) in [6.07, 6.45) is 0. The molecule has 0 aliphatic rings. The maximum Gasteiger partial charge on any atom is 0.274 e. The second-order valence-electron chi connectivity index (χ2n) is 4.85. The van der Waals surface area contributed by atoms with Crippen LogP contribution < -0.4 is 5.32 Å². The number of amides is 1. The first-order valence-electron chi connectivity index (χ1n) is 6.67. The van der Waals surface area contributed by atoms with Crippen molar-refractivity contribution >= 4 is 5.91 Å². The highest BCUT2D eigenvalue weighted by atomic mass is 16.2. The van der Waals surface area contributed by atoms with Crippen molar-refractivity contribution < 1.29 is 4.79 Å². The molecular formula is C13H20N6O. The maximum absolute atomic E-state index is 12.1. The van der Waals surface area contributed by atoms with Crippen LogP contribution in [0.2, 0.25) is 0 Å². The third kappa shape index (κ3) is 2.43. The van der Waals surface area contributed by atoms with Crippen molar-refractivity contribution in [2.24, 2.45) is 0 Å². The molecule has 0 saturated heterocycles. The first kappa shape index (κ1) is 14.2. The van der Waals surface area contributed by atoms with Crippen molar-refractivity contribution in [3.05, 3.63) is 28.3 Å². The molecule has 0 aliphatic heterocycles. The van der Waals surface area contributed by atoms with Crippen LogP contribution in [0.15, 0.2) is 0 Å². The van der Waals surface area contributed by atoms with Crippen molar-refractivity contribution in [1.29, 1.82) is 0 Å². The molecule has 0 radical (unpaired) electrons. The molecule has 0 aromatic carbocycles. The predicted octanol–water partition coefficient (Wildman–Crippen LogP) is 1.44. The Bertz CT molecular complexity index is 627. The highest BCUT2D eigenvalue weighted by Gasteiger charge is 2.21. The van der Waals surface area contributed by atoms with E-state index >= 15 is 0 Å². The number of aryl methyl sites for hydroxylation is 3. The summed E-state index contributed by atoms with van der Waals surface area (Å²) < 4.78 is 1.94. The average Bonchev–Trinajstić information content (AvgIpc) is 2.93. The van der Waals surface area contributed by atoms with E-state index in [-0.39, 0.29) is 11.9 Å². The van der Waals surface area contributed by atoms with E-state index in [1.807, 2.05) is 32.4 Å². The van der Waals surface area contributed by atoms with Crippen molar-refractivity contribution in [3.8, 4) is 0 Å². The van der Waals surface area contributed by atoms with Gasteiger partial charge in [-0.25, -0.2) is 0 Å². The van der Waals surface area contributed by atoms with Crippen LogP contribution in [0, 0.1) is 20.8 Å². The van der Waals surface area contributed by atoms with E-state index in [2.05, 4.69) is 25.8 Å². The maximum atomic E-state index is 12.1. The molecule has 2 aromatic heterocycles. The topological polar surface area (TPSA) is 88.5 Å². The molecule has 2 rings (SSSR count). The SMILES string of the molecule is CCn1nc(C)c(C(C)NC(=O)c2n[nH]nc2C)c1C. The first-order chi connectivity index (χ1) is 9.45. The molecule has 0 aliphatic carbocycles. The van der Waals surface area contributed by atoms with E-state index in [1.54, 1.807) is 6.92 Å². The molecule has 2 heterocycles. The quantitative estimate of drug-likeness (QED) is 0.884. The number of hydrogen-bond acceptors (Lipinski definition) is 4. The number of carbonyl (C=O) groups excluding carboxylic acids is 1. The minimum Gasteiger partial charge on any atom is -0.344 e. The normalized spacial score (nSPS) is 12.4. The highest BCUT2D eigenvalue weighted by molar-refractivity contribution is 5.93. The lowest BCUT2D eigenvalue weighted by Crippen LogP contribution is -2.28. The van der Waals surface area contributed by atoms with Gasteiger partial charge in [-0.15, -0.1) is 0 Å². The summed E-state index contributed by atoms with van der Waals surface area (Å²) in [5, 5.41) is 17.6. The molecule has 7 heteroatoms. The largest absolute Gasteiger partial charge is 0.344 e. The van der Waals surface area contributed by atoms with Crippen LogP contribution in [0.25, 0.3) is 0 Å². The van der Waals surface area contributed by atoms with Crippen LogP contribution in [0.4, 0.5) is 0 Å². The predicted molar refractivity (Wildman–Crippen MR) is 74.4 cm³/mol. The molecule has 20 heavy (non-hydrogen) atoms. The average molecular weight is 276 g/mol. The molecule has 2 N–H and O–H groups in total. The summed E-state index contributed by atoms with van der Waals surface area (Å²) in [4.78, 5) is 12.1. The van der Waals surface area contributed by atoms with Gasteiger partial charge in [0, 0.05) is 17.8 Å². The van der Waals surface area contributed by atoms with Crippen LogP contribution in [-0.4, -0.2) is 31.1 Å². The standard InChI is InChI=1S/C13H20N6O/c1-6-19-10(5)11(8(3)17-19)7(2)14-13(20)12-9(4)15-18-16-12/h7H,6H2,1-5H3,(H,14,20)(H,15,16,18). The zero-order chi connectivity index (χ0) is 14.9. The Morgan fingerprint density at radius 1 is 1.30 bits per heavy atom. The van der Waals surface area contributed by atoms with E-state index in [1.165, 1.54) is 0 Å². The van der Waals surface area contributed by atoms with Gasteiger partial charge in [-0.05, 0) is 34.6 Å². The van der Waals surface area contributed by atoms with E-state index in [9.17, 15) is 4.79 Å². The Morgan fingerprint density at radius 2 is 2.00 bits per heavy atom. The van der Waals surface area contributed by atoms with Gasteiger partial charge >= 0.3 is 0 Å². The molecule has 0 saturated carbocycles. The third-order valence-corrected chi connectivity index (χ3v) is 3.45. The minimum atomic E-state index is -0.230. The zero-order valence-corrected chi connectivity index (χ0v) is 12.5. The first-order valence-corrected chi connectivity index (χ1v) is 6.67. The van der Waals surface area contributed by atoms with Crippen LogP contribution in [0.5, 0.6) is 0 Å². The molecule has 0 fully saturated rings. The Labute approximate surface area is 117 Å². The number of carbonyl (C=O) groups is 1. The number of aromatic nitrogens is 5. The second-order valence-corrected chi connectivity index (χ2v) is 4.85. The van der Waals surface area contributed by atoms with Gasteiger partial charge in [-0.3, -0.25) is 9.48 Å².